The van der Waals surface area contributed by atoms with E-state index in [1.54, 1.807) is 0 Å². The van der Waals surface area contributed by atoms with Crippen LogP contribution in [0.4, 0.5) is 22.7 Å². The van der Waals surface area contributed by atoms with Gasteiger partial charge in [-0.1, -0.05) is 11.6 Å². The lowest BCUT2D eigenvalue weighted by molar-refractivity contribution is -0.127. The Hall–Kier alpha value is -6.69. The van der Waals surface area contributed by atoms with Crippen molar-refractivity contribution in [2.75, 3.05) is 39.1 Å². The van der Waals surface area contributed by atoms with E-state index in [-0.39, 0.29) is 50.0 Å². The Morgan fingerprint density at radius 3 is 1.36 bits per heavy atom. The standard InChI is InChI=1S/C34H31ClN6O12/c1-16(42)27(40-38-25-13-18(31(46)50-3)7-10-21(25)33(48)52-5)29(44)36-20-9-12-24(23(35)15-20)37-30(45)28(17(2)43)41-39-26-14-19(32(47)51-4)8-11-22(26)34(49)53-6/h7-15,27-28H,1-6H3,(H,36,44)(H,37,45). The Kier molecular flexibility index (Phi) is 14.2. The van der Waals surface area contributed by atoms with Crippen molar-refractivity contribution in [1.82, 2.24) is 0 Å². The molecule has 0 aliphatic carbocycles. The zero-order valence-corrected chi connectivity index (χ0v) is 29.7. The van der Waals surface area contributed by atoms with Gasteiger partial charge in [0.15, 0.2) is 11.6 Å². The highest BCUT2D eigenvalue weighted by Gasteiger charge is 2.27. The summed E-state index contributed by atoms with van der Waals surface area (Å²) in [5, 5.41) is 20.1. The lowest BCUT2D eigenvalue weighted by Gasteiger charge is -2.13. The molecule has 0 aliphatic heterocycles. The van der Waals surface area contributed by atoms with Crippen LogP contribution in [-0.4, -0.2) is 87.8 Å². The number of benzene rings is 3. The predicted molar refractivity (Wildman–Crippen MR) is 185 cm³/mol. The van der Waals surface area contributed by atoms with Gasteiger partial charge in [0.25, 0.3) is 11.8 Å². The summed E-state index contributed by atoms with van der Waals surface area (Å²) < 4.78 is 18.8. The Balaban J connectivity index is 1.82. The Morgan fingerprint density at radius 2 is 0.981 bits per heavy atom. The number of esters is 4. The van der Waals surface area contributed by atoms with Crippen molar-refractivity contribution < 1.29 is 57.3 Å². The van der Waals surface area contributed by atoms with Gasteiger partial charge in [-0.25, -0.2) is 19.2 Å². The van der Waals surface area contributed by atoms with E-state index in [1.807, 2.05) is 0 Å². The third kappa shape index (κ3) is 10.4. The average Bonchev–Trinajstić information content (AvgIpc) is 3.14. The second-order valence-corrected chi connectivity index (χ2v) is 11.0. The highest BCUT2D eigenvalue weighted by atomic mass is 35.5. The van der Waals surface area contributed by atoms with Gasteiger partial charge >= 0.3 is 23.9 Å². The molecule has 3 aromatic rings. The van der Waals surface area contributed by atoms with Crippen LogP contribution >= 0.6 is 11.6 Å². The predicted octanol–water partition coefficient (Wildman–Crippen LogP) is 4.85. The minimum absolute atomic E-state index is 0.00714. The SMILES string of the molecule is COC(=O)c1ccc(C(=O)OC)c(N=NC(C(C)=O)C(=O)Nc2ccc(NC(=O)C(N=Nc3cc(C(=O)OC)ccc3C(=O)OC)C(C)=O)c(Cl)c2)c1. The van der Waals surface area contributed by atoms with Gasteiger partial charge in [0, 0.05) is 5.69 Å². The normalized spacial score (nSPS) is 12.0. The average molecular weight is 751 g/mol. The molecule has 3 aromatic carbocycles. The zero-order valence-electron chi connectivity index (χ0n) is 28.9. The van der Waals surface area contributed by atoms with Crippen molar-refractivity contribution in [2.45, 2.75) is 25.9 Å². The van der Waals surface area contributed by atoms with Crippen molar-refractivity contribution in [2.24, 2.45) is 20.5 Å². The fourth-order valence-corrected chi connectivity index (χ4v) is 4.49. The van der Waals surface area contributed by atoms with Crippen LogP contribution in [0.2, 0.25) is 5.02 Å². The number of hydrogen-bond donors (Lipinski definition) is 2. The van der Waals surface area contributed by atoms with Crippen molar-refractivity contribution in [3.05, 3.63) is 81.9 Å². The molecule has 0 aromatic heterocycles. The highest BCUT2D eigenvalue weighted by molar-refractivity contribution is 6.34. The molecule has 0 spiro atoms. The van der Waals surface area contributed by atoms with E-state index in [0.717, 1.165) is 42.3 Å². The molecule has 2 unspecified atom stereocenters. The zero-order chi connectivity index (χ0) is 39.4. The molecule has 19 heteroatoms. The van der Waals surface area contributed by atoms with Crippen molar-refractivity contribution in [3.8, 4) is 0 Å². The van der Waals surface area contributed by atoms with Crippen molar-refractivity contribution in [1.29, 1.82) is 0 Å². The van der Waals surface area contributed by atoms with Crippen LogP contribution in [-0.2, 0) is 38.1 Å². The molecule has 0 fully saturated rings. The lowest BCUT2D eigenvalue weighted by atomic mass is 10.1. The Labute approximate surface area is 305 Å². The minimum Gasteiger partial charge on any atom is -0.465 e. The van der Waals surface area contributed by atoms with E-state index in [0.29, 0.717) is 0 Å². The Bertz CT molecular complexity index is 2050. The number of rotatable bonds is 14. The molecule has 276 valence electrons. The van der Waals surface area contributed by atoms with E-state index < -0.39 is 59.3 Å². The first kappa shape index (κ1) is 40.7. The molecule has 0 bridgehead atoms. The fraction of sp³-hybridized carbons (Fsp3) is 0.235. The summed E-state index contributed by atoms with van der Waals surface area (Å²) in [6.07, 6.45) is 0. The quantitative estimate of drug-likeness (QED) is 0.0972. The van der Waals surface area contributed by atoms with Crippen LogP contribution in [0, 0.1) is 0 Å². The number of nitrogens with one attached hydrogen (secondary N) is 2. The third-order valence-electron chi connectivity index (χ3n) is 6.97. The number of hydrogen-bond acceptors (Lipinski definition) is 16. The van der Waals surface area contributed by atoms with Crippen LogP contribution in [0.25, 0.3) is 0 Å². The summed E-state index contributed by atoms with van der Waals surface area (Å²) >= 11 is 6.35. The summed E-state index contributed by atoms with van der Waals surface area (Å²) in [4.78, 5) is 99.4. The number of azo groups is 2. The first-order chi connectivity index (χ1) is 25.1. The second kappa shape index (κ2) is 18.5. The van der Waals surface area contributed by atoms with Crippen LogP contribution < -0.4 is 10.6 Å². The van der Waals surface area contributed by atoms with Gasteiger partial charge in [0.05, 0.1) is 61.4 Å². The van der Waals surface area contributed by atoms with E-state index in [2.05, 4.69) is 40.6 Å². The summed E-state index contributed by atoms with van der Waals surface area (Å²) in [7, 11) is 4.54. The smallest absolute Gasteiger partial charge is 0.340 e. The topological polar surface area (TPSA) is 247 Å². The fourth-order valence-electron chi connectivity index (χ4n) is 4.27. The van der Waals surface area contributed by atoms with Gasteiger partial charge in [0.2, 0.25) is 12.1 Å². The van der Waals surface area contributed by atoms with Gasteiger partial charge in [-0.05, 0) is 68.4 Å². The number of Topliss-reactive ketones (excluding diaryl/α,β-unsaturated/α-hetero) is 2. The number of ether oxygens (including phenoxy) is 4. The molecule has 53 heavy (non-hydrogen) atoms. The lowest BCUT2D eigenvalue weighted by Crippen LogP contribution is -2.32. The summed E-state index contributed by atoms with van der Waals surface area (Å²) in [5.41, 5.74) is -0.511. The maximum absolute atomic E-state index is 13.1. The van der Waals surface area contributed by atoms with E-state index in [4.69, 9.17) is 21.1 Å². The third-order valence-corrected chi connectivity index (χ3v) is 7.28. The first-order valence-corrected chi connectivity index (χ1v) is 15.4. The molecule has 0 saturated heterocycles. The van der Waals surface area contributed by atoms with Crippen molar-refractivity contribution >= 4 is 81.6 Å². The number of nitrogens with zero attached hydrogens (tertiary/aromatic N) is 4. The van der Waals surface area contributed by atoms with Gasteiger partial charge in [0.1, 0.15) is 11.4 Å². The van der Waals surface area contributed by atoms with Crippen LogP contribution in [0.5, 0.6) is 0 Å². The van der Waals surface area contributed by atoms with Gasteiger partial charge in [-0.15, -0.1) is 0 Å². The molecular formula is C34H31ClN6O12. The van der Waals surface area contributed by atoms with Gasteiger partial charge in [-0.3, -0.25) is 19.2 Å². The molecule has 3 rings (SSSR count). The Morgan fingerprint density at radius 1 is 0.566 bits per heavy atom. The molecule has 2 amide bonds. The largest absolute Gasteiger partial charge is 0.465 e. The molecule has 2 N–H and O–H groups in total. The molecule has 0 heterocycles. The van der Waals surface area contributed by atoms with E-state index >= 15 is 0 Å². The number of amides is 2. The monoisotopic (exact) mass is 750 g/mol. The maximum Gasteiger partial charge on any atom is 0.340 e. The highest BCUT2D eigenvalue weighted by Crippen LogP contribution is 2.28. The number of carbonyl (C=O) groups is 8. The van der Waals surface area contributed by atoms with Crippen molar-refractivity contribution in [3.63, 3.8) is 0 Å². The summed E-state index contributed by atoms with van der Waals surface area (Å²) in [5.74, 6) is -6.52. The number of methoxy groups -OCH3 is 4. The number of halogens is 1. The first-order valence-electron chi connectivity index (χ1n) is 15.0. The summed E-state index contributed by atoms with van der Waals surface area (Å²) in [6.45, 7) is 2.15. The summed E-state index contributed by atoms with van der Waals surface area (Å²) in [6, 6.07) is 7.78. The van der Waals surface area contributed by atoms with Gasteiger partial charge < -0.3 is 29.6 Å². The van der Waals surface area contributed by atoms with E-state index in [1.165, 1.54) is 54.6 Å². The number of ketones is 2. The maximum atomic E-state index is 13.1. The van der Waals surface area contributed by atoms with Crippen LogP contribution in [0.15, 0.2) is 75.1 Å². The molecule has 2 atom stereocenters. The molecule has 0 saturated carbocycles. The molecular weight excluding hydrogens is 720 g/mol. The number of carbonyl (C=O) groups excluding carboxylic acids is 8. The molecule has 0 radical (unpaired) electrons. The van der Waals surface area contributed by atoms with Crippen LogP contribution in [0.1, 0.15) is 55.3 Å². The van der Waals surface area contributed by atoms with E-state index in [9.17, 15) is 38.4 Å². The molecule has 18 nitrogen and oxygen atoms in total. The minimum atomic E-state index is -1.73. The number of anilines is 2. The molecule has 0 aliphatic rings. The second-order valence-electron chi connectivity index (χ2n) is 10.6. The van der Waals surface area contributed by atoms with Gasteiger partial charge in [-0.2, -0.15) is 20.5 Å². The van der Waals surface area contributed by atoms with Crippen LogP contribution in [0.3, 0.4) is 0 Å².